The van der Waals surface area contributed by atoms with Crippen molar-refractivity contribution in [1.82, 2.24) is 14.7 Å². The van der Waals surface area contributed by atoms with E-state index in [0.717, 1.165) is 22.6 Å². The molecule has 1 aromatic rings. The lowest BCUT2D eigenvalue weighted by molar-refractivity contribution is -0.137. The second-order valence-corrected chi connectivity index (χ2v) is 7.83. The van der Waals surface area contributed by atoms with E-state index < -0.39 is 12.2 Å². The number of carbonyl (C=O) groups is 2. The Morgan fingerprint density at radius 3 is 2.48 bits per heavy atom. The minimum Gasteiger partial charge on any atom is -0.383 e. The van der Waals surface area contributed by atoms with E-state index in [9.17, 15) is 9.59 Å². The van der Waals surface area contributed by atoms with Crippen LogP contribution in [0, 0.1) is 13.8 Å². The van der Waals surface area contributed by atoms with Crippen LogP contribution in [0.1, 0.15) is 25.0 Å². The van der Waals surface area contributed by atoms with E-state index in [1.54, 1.807) is 19.1 Å². The lowest BCUT2D eigenvalue weighted by atomic mass is 10.1. The van der Waals surface area contributed by atoms with E-state index in [0.29, 0.717) is 12.6 Å². The summed E-state index contributed by atoms with van der Waals surface area (Å²) in [6, 6.07) is 5.39. The van der Waals surface area contributed by atoms with Gasteiger partial charge >= 0.3 is 6.03 Å². The predicted octanol–water partition coefficient (Wildman–Crippen LogP) is 2.28. The Bertz CT molecular complexity index is 954. The normalized spacial score (nSPS) is 23.9. The molecule has 2 atom stereocenters. The van der Waals surface area contributed by atoms with E-state index in [1.165, 1.54) is 10.5 Å². The number of imide groups is 1. The molecule has 1 saturated heterocycles. The number of carbonyl (C=O) groups excluding carboxylic acids is 2. The molecule has 154 valence electrons. The first kappa shape index (κ1) is 19.4. The number of benzene rings is 1. The number of guanidine groups is 1. The lowest BCUT2D eigenvalue weighted by Crippen LogP contribution is -2.65. The van der Waals surface area contributed by atoms with Gasteiger partial charge in [-0.2, -0.15) is 0 Å². The van der Waals surface area contributed by atoms with E-state index in [4.69, 9.17) is 9.73 Å². The van der Waals surface area contributed by atoms with Crippen LogP contribution in [0.4, 0.5) is 10.5 Å². The molecule has 0 aliphatic carbocycles. The number of urea groups is 1. The van der Waals surface area contributed by atoms with Crippen LogP contribution in [0.25, 0.3) is 0 Å². The second kappa shape index (κ2) is 6.88. The maximum Gasteiger partial charge on any atom is 0.328 e. The predicted molar refractivity (Wildman–Crippen MR) is 110 cm³/mol. The highest BCUT2D eigenvalue weighted by Crippen LogP contribution is 2.40. The summed E-state index contributed by atoms with van der Waals surface area (Å²) < 4.78 is 5.09. The zero-order chi connectivity index (χ0) is 21.0. The van der Waals surface area contributed by atoms with Crippen LogP contribution in [-0.2, 0) is 9.53 Å². The molecule has 0 radical (unpaired) electrons. The molecule has 3 aliphatic rings. The maximum atomic E-state index is 13.3. The standard InChI is InChI=1S/C21H27N5O3/c1-12-7-8-16(13(2)11-12)25-14(3)15(4)26-17-18(22-20(25)26)23(5)21(28)24(19(17)27)9-10-29-6/h7-8,11,17-18H,9-10H2,1-6H3. The van der Waals surface area contributed by atoms with Gasteiger partial charge in [0, 0.05) is 25.6 Å². The molecule has 3 heterocycles. The van der Waals surface area contributed by atoms with Gasteiger partial charge in [0.2, 0.25) is 5.96 Å². The summed E-state index contributed by atoms with van der Waals surface area (Å²) in [4.78, 5) is 37.8. The largest absolute Gasteiger partial charge is 0.383 e. The van der Waals surface area contributed by atoms with Gasteiger partial charge in [0.15, 0.2) is 12.2 Å². The molecule has 8 heteroatoms. The molecule has 0 saturated carbocycles. The maximum absolute atomic E-state index is 13.3. The Morgan fingerprint density at radius 1 is 1.10 bits per heavy atom. The van der Waals surface area contributed by atoms with Crippen molar-refractivity contribution in [3.8, 4) is 0 Å². The van der Waals surface area contributed by atoms with Crippen LogP contribution in [0.5, 0.6) is 0 Å². The van der Waals surface area contributed by atoms with Gasteiger partial charge in [-0.05, 0) is 39.3 Å². The average molecular weight is 397 g/mol. The molecular weight excluding hydrogens is 370 g/mol. The summed E-state index contributed by atoms with van der Waals surface area (Å²) in [7, 11) is 3.26. The van der Waals surface area contributed by atoms with Crippen LogP contribution in [0.3, 0.4) is 0 Å². The van der Waals surface area contributed by atoms with Crippen molar-refractivity contribution in [3.05, 3.63) is 40.7 Å². The highest BCUT2D eigenvalue weighted by atomic mass is 16.5. The SMILES string of the molecule is COCCN1C(=O)C2C(N=C3N(c4ccc(C)cc4C)C(C)=C(C)N32)N(C)C1=O. The summed E-state index contributed by atoms with van der Waals surface area (Å²) in [5.74, 6) is 0.465. The first-order valence-corrected chi connectivity index (χ1v) is 9.77. The fraction of sp³-hybridized carbons (Fsp3) is 0.476. The van der Waals surface area contributed by atoms with Crippen LogP contribution in [0.2, 0.25) is 0 Å². The Hall–Kier alpha value is -2.87. The van der Waals surface area contributed by atoms with Gasteiger partial charge in [-0.1, -0.05) is 17.7 Å². The van der Waals surface area contributed by atoms with Gasteiger partial charge in [-0.25, -0.2) is 9.79 Å². The Balaban J connectivity index is 1.76. The first-order valence-electron chi connectivity index (χ1n) is 9.77. The molecule has 3 aliphatic heterocycles. The molecule has 1 fully saturated rings. The number of ether oxygens (including phenoxy) is 1. The second-order valence-electron chi connectivity index (χ2n) is 7.83. The zero-order valence-electron chi connectivity index (χ0n) is 17.8. The average Bonchev–Trinajstić information content (AvgIpc) is 3.17. The highest BCUT2D eigenvalue weighted by Gasteiger charge is 2.55. The summed E-state index contributed by atoms with van der Waals surface area (Å²) in [5.41, 5.74) is 5.36. The number of anilines is 1. The third-order valence-electron chi connectivity index (χ3n) is 6.00. The molecule has 29 heavy (non-hydrogen) atoms. The number of allylic oxidation sites excluding steroid dienone is 2. The van der Waals surface area contributed by atoms with Gasteiger partial charge in [0.05, 0.1) is 18.8 Å². The summed E-state index contributed by atoms with van der Waals surface area (Å²) >= 11 is 0. The molecule has 4 rings (SSSR count). The highest BCUT2D eigenvalue weighted by molar-refractivity contribution is 6.10. The Kier molecular flexibility index (Phi) is 4.61. The quantitative estimate of drug-likeness (QED) is 0.780. The Labute approximate surface area is 171 Å². The van der Waals surface area contributed by atoms with E-state index in [1.807, 2.05) is 18.7 Å². The van der Waals surface area contributed by atoms with Crippen molar-refractivity contribution in [3.63, 3.8) is 0 Å². The van der Waals surface area contributed by atoms with Crippen LogP contribution < -0.4 is 4.90 Å². The molecule has 0 spiro atoms. The van der Waals surface area contributed by atoms with Gasteiger partial charge in [0.1, 0.15) is 0 Å². The number of aliphatic imine (C=N–C) groups is 1. The van der Waals surface area contributed by atoms with E-state index in [2.05, 4.69) is 36.9 Å². The zero-order valence-corrected chi connectivity index (χ0v) is 17.8. The third kappa shape index (κ3) is 2.73. The van der Waals surface area contributed by atoms with Crippen molar-refractivity contribution in [2.75, 3.05) is 32.2 Å². The first-order chi connectivity index (χ1) is 13.8. The molecule has 1 aromatic carbocycles. The number of amides is 3. The van der Waals surface area contributed by atoms with Crippen molar-refractivity contribution in [2.45, 2.75) is 39.9 Å². The molecule has 8 nitrogen and oxygen atoms in total. The number of methoxy groups -OCH3 is 1. The summed E-state index contributed by atoms with van der Waals surface area (Å²) in [6.45, 7) is 8.71. The number of nitrogens with zero attached hydrogens (tertiary/aromatic N) is 5. The number of hydrogen-bond acceptors (Lipinski definition) is 6. The fourth-order valence-corrected chi connectivity index (χ4v) is 4.35. The number of likely N-dealkylation sites (N-methyl/N-ethyl adjacent to an activating group) is 1. The van der Waals surface area contributed by atoms with Crippen molar-refractivity contribution in [1.29, 1.82) is 0 Å². The monoisotopic (exact) mass is 397 g/mol. The van der Waals surface area contributed by atoms with Crippen LogP contribution >= 0.6 is 0 Å². The molecule has 3 amide bonds. The summed E-state index contributed by atoms with van der Waals surface area (Å²) in [5, 5.41) is 0. The van der Waals surface area contributed by atoms with Gasteiger partial charge < -0.3 is 9.64 Å². The molecule has 0 aromatic heterocycles. The van der Waals surface area contributed by atoms with Gasteiger partial charge in [0.25, 0.3) is 5.91 Å². The van der Waals surface area contributed by atoms with Crippen molar-refractivity contribution >= 4 is 23.6 Å². The number of rotatable bonds is 4. The van der Waals surface area contributed by atoms with Gasteiger partial charge in [-0.15, -0.1) is 0 Å². The minimum absolute atomic E-state index is 0.230. The van der Waals surface area contributed by atoms with Crippen LogP contribution in [-0.4, -0.2) is 72.1 Å². The minimum atomic E-state index is -0.560. The molecule has 0 N–H and O–H groups in total. The number of fused-ring (bicyclic) bond motifs is 3. The third-order valence-corrected chi connectivity index (χ3v) is 6.00. The topological polar surface area (TPSA) is 68.7 Å². The van der Waals surface area contributed by atoms with Crippen molar-refractivity contribution in [2.24, 2.45) is 4.99 Å². The summed E-state index contributed by atoms with van der Waals surface area (Å²) in [6.07, 6.45) is -0.542. The molecule has 2 unspecified atom stereocenters. The number of aryl methyl sites for hydroxylation is 2. The lowest BCUT2D eigenvalue weighted by Gasteiger charge is -2.40. The number of hydrogen-bond donors (Lipinski definition) is 0. The van der Waals surface area contributed by atoms with Gasteiger partial charge in [-0.3, -0.25) is 19.5 Å². The smallest absolute Gasteiger partial charge is 0.328 e. The van der Waals surface area contributed by atoms with Crippen molar-refractivity contribution < 1.29 is 14.3 Å². The van der Waals surface area contributed by atoms with Crippen LogP contribution in [0.15, 0.2) is 34.6 Å². The van der Waals surface area contributed by atoms with E-state index >= 15 is 0 Å². The molecule has 0 bridgehead atoms. The Morgan fingerprint density at radius 2 is 1.83 bits per heavy atom. The molecular formula is C21H27N5O3. The van der Waals surface area contributed by atoms with E-state index in [-0.39, 0.29) is 18.5 Å². The fourth-order valence-electron chi connectivity index (χ4n) is 4.35.